The van der Waals surface area contributed by atoms with Gasteiger partial charge in [0.1, 0.15) is 5.67 Å². The SMILES string of the molecule is CC1CC2(CCN(CC3(F)CCN(C)CC3)CC2)C1. The Morgan fingerprint density at radius 2 is 1.58 bits per heavy atom. The molecule has 3 rings (SSSR count). The summed E-state index contributed by atoms with van der Waals surface area (Å²) in [6.07, 6.45) is 6.92. The Labute approximate surface area is 117 Å². The molecule has 19 heavy (non-hydrogen) atoms. The molecule has 0 atom stereocenters. The van der Waals surface area contributed by atoms with E-state index < -0.39 is 5.67 Å². The zero-order valence-electron chi connectivity index (χ0n) is 12.6. The van der Waals surface area contributed by atoms with Gasteiger partial charge in [0, 0.05) is 19.6 Å². The van der Waals surface area contributed by atoms with Gasteiger partial charge in [-0.25, -0.2) is 4.39 Å². The highest BCUT2D eigenvalue weighted by molar-refractivity contribution is 4.97. The molecular formula is C16H29FN2. The molecule has 0 aromatic carbocycles. The lowest BCUT2D eigenvalue weighted by Crippen LogP contribution is -2.52. The molecule has 2 saturated heterocycles. The molecule has 1 spiro atoms. The summed E-state index contributed by atoms with van der Waals surface area (Å²) < 4.78 is 14.8. The molecule has 0 amide bonds. The van der Waals surface area contributed by atoms with E-state index in [4.69, 9.17) is 0 Å². The second-order valence-corrected chi connectivity index (χ2v) is 7.74. The highest BCUT2D eigenvalue weighted by Crippen LogP contribution is 2.52. The van der Waals surface area contributed by atoms with Crippen LogP contribution in [0, 0.1) is 11.3 Å². The summed E-state index contributed by atoms with van der Waals surface area (Å²) in [6, 6.07) is 0. The number of hydrogen-bond donors (Lipinski definition) is 0. The molecule has 2 heterocycles. The molecule has 0 radical (unpaired) electrons. The first kappa shape index (κ1) is 13.8. The summed E-state index contributed by atoms with van der Waals surface area (Å²) in [5, 5.41) is 0. The monoisotopic (exact) mass is 268 g/mol. The number of hydrogen-bond acceptors (Lipinski definition) is 2. The Morgan fingerprint density at radius 1 is 1.00 bits per heavy atom. The van der Waals surface area contributed by atoms with Gasteiger partial charge in [-0.3, -0.25) is 0 Å². The standard InChI is InChI=1S/C16H29FN2/c1-14-11-15(12-14)3-9-19(10-4-15)13-16(17)5-7-18(2)8-6-16/h14H,3-13H2,1-2H3. The van der Waals surface area contributed by atoms with Crippen LogP contribution in [0.4, 0.5) is 4.39 Å². The third kappa shape index (κ3) is 2.97. The van der Waals surface area contributed by atoms with Crippen molar-refractivity contribution < 1.29 is 4.39 Å². The number of rotatable bonds is 2. The number of halogens is 1. The van der Waals surface area contributed by atoms with Crippen molar-refractivity contribution in [3.05, 3.63) is 0 Å². The second-order valence-electron chi connectivity index (χ2n) is 7.74. The van der Waals surface area contributed by atoms with E-state index in [1.807, 2.05) is 0 Å². The van der Waals surface area contributed by atoms with E-state index in [-0.39, 0.29) is 0 Å². The molecule has 3 aliphatic rings. The molecular weight excluding hydrogens is 239 g/mol. The van der Waals surface area contributed by atoms with Gasteiger partial charge in [0.25, 0.3) is 0 Å². The number of alkyl halides is 1. The normalized spacial score (nSPS) is 32.4. The average Bonchev–Trinajstić information content (AvgIpc) is 2.35. The van der Waals surface area contributed by atoms with Gasteiger partial charge in [0.05, 0.1) is 0 Å². The highest BCUT2D eigenvalue weighted by Gasteiger charge is 2.45. The molecule has 0 unspecified atom stereocenters. The Kier molecular flexibility index (Phi) is 3.63. The zero-order valence-corrected chi connectivity index (χ0v) is 12.6. The highest BCUT2D eigenvalue weighted by atomic mass is 19.1. The minimum absolute atomic E-state index is 0.659. The van der Waals surface area contributed by atoms with Gasteiger partial charge in [-0.2, -0.15) is 0 Å². The van der Waals surface area contributed by atoms with E-state index in [0.717, 1.165) is 44.9 Å². The number of nitrogens with zero attached hydrogens (tertiary/aromatic N) is 2. The van der Waals surface area contributed by atoms with Crippen LogP contribution in [0.1, 0.15) is 45.4 Å². The fraction of sp³-hybridized carbons (Fsp3) is 1.00. The molecule has 3 heteroatoms. The molecule has 110 valence electrons. The van der Waals surface area contributed by atoms with Crippen LogP contribution in [0.15, 0.2) is 0 Å². The second kappa shape index (κ2) is 5.00. The molecule has 0 N–H and O–H groups in total. The maximum absolute atomic E-state index is 14.8. The van der Waals surface area contributed by atoms with Crippen LogP contribution in [-0.4, -0.2) is 55.2 Å². The fourth-order valence-corrected chi connectivity index (χ4v) is 4.59. The Balaban J connectivity index is 1.47. The lowest BCUT2D eigenvalue weighted by Gasteiger charge is -2.52. The summed E-state index contributed by atoms with van der Waals surface area (Å²) >= 11 is 0. The zero-order chi connectivity index (χ0) is 13.5. The Morgan fingerprint density at radius 3 is 2.11 bits per heavy atom. The first-order valence-corrected chi connectivity index (χ1v) is 8.09. The van der Waals surface area contributed by atoms with Crippen molar-refractivity contribution in [2.75, 3.05) is 39.8 Å². The first-order valence-electron chi connectivity index (χ1n) is 8.09. The minimum Gasteiger partial charge on any atom is -0.306 e. The van der Waals surface area contributed by atoms with Crippen LogP contribution in [0.25, 0.3) is 0 Å². The van der Waals surface area contributed by atoms with Crippen molar-refractivity contribution in [1.82, 2.24) is 9.80 Å². The van der Waals surface area contributed by atoms with E-state index in [0.29, 0.717) is 12.0 Å². The van der Waals surface area contributed by atoms with Crippen molar-refractivity contribution in [2.45, 2.75) is 51.1 Å². The third-order valence-corrected chi connectivity index (χ3v) is 5.87. The van der Waals surface area contributed by atoms with Gasteiger partial charge in [0.2, 0.25) is 0 Å². The molecule has 0 aromatic rings. The average molecular weight is 268 g/mol. The number of piperidine rings is 2. The van der Waals surface area contributed by atoms with Crippen LogP contribution >= 0.6 is 0 Å². The fourth-order valence-electron chi connectivity index (χ4n) is 4.59. The van der Waals surface area contributed by atoms with Crippen molar-refractivity contribution in [3.63, 3.8) is 0 Å². The van der Waals surface area contributed by atoms with E-state index in [1.54, 1.807) is 0 Å². The summed E-state index contributed by atoms with van der Waals surface area (Å²) in [7, 11) is 2.10. The summed E-state index contributed by atoms with van der Waals surface area (Å²) in [4.78, 5) is 4.65. The van der Waals surface area contributed by atoms with Gasteiger partial charge >= 0.3 is 0 Å². The van der Waals surface area contributed by atoms with E-state index in [2.05, 4.69) is 23.8 Å². The molecule has 1 aliphatic carbocycles. The number of likely N-dealkylation sites (tertiary alicyclic amines) is 2. The van der Waals surface area contributed by atoms with Gasteiger partial charge in [0.15, 0.2) is 0 Å². The van der Waals surface area contributed by atoms with Crippen molar-refractivity contribution in [1.29, 1.82) is 0 Å². The van der Waals surface area contributed by atoms with Crippen molar-refractivity contribution >= 4 is 0 Å². The Hall–Kier alpha value is -0.150. The van der Waals surface area contributed by atoms with Crippen LogP contribution < -0.4 is 0 Å². The lowest BCUT2D eigenvalue weighted by atomic mass is 9.58. The third-order valence-electron chi connectivity index (χ3n) is 5.87. The molecule has 2 aliphatic heterocycles. The molecule has 0 bridgehead atoms. The van der Waals surface area contributed by atoms with Gasteiger partial charge in [-0.15, -0.1) is 0 Å². The quantitative estimate of drug-likeness (QED) is 0.760. The summed E-state index contributed by atoms with van der Waals surface area (Å²) in [5.41, 5.74) is -0.254. The van der Waals surface area contributed by atoms with Crippen molar-refractivity contribution in [3.8, 4) is 0 Å². The first-order chi connectivity index (χ1) is 8.99. The predicted octanol–water partition coefficient (Wildman–Crippen LogP) is 2.93. The molecule has 1 saturated carbocycles. The van der Waals surface area contributed by atoms with Crippen molar-refractivity contribution in [2.24, 2.45) is 11.3 Å². The minimum atomic E-state index is -0.913. The smallest absolute Gasteiger partial charge is 0.126 e. The van der Waals surface area contributed by atoms with Crippen LogP contribution in [-0.2, 0) is 0 Å². The van der Waals surface area contributed by atoms with Gasteiger partial charge < -0.3 is 9.80 Å². The largest absolute Gasteiger partial charge is 0.306 e. The molecule has 0 aromatic heterocycles. The summed E-state index contributed by atoms with van der Waals surface area (Å²) in [5.74, 6) is 0.938. The molecule has 2 nitrogen and oxygen atoms in total. The van der Waals surface area contributed by atoms with Crippen LogP contribution in [0.2, 0.25) is 0 Å². The maximum Gasteiger partial charge on any atom is 0.126 e. The van der Waals surface area contributed by atoms with Gasteiger partial charge in [-0.05, 0) is 70.0 Å². The van der Waals surface area contributed by atoms with Crippen LogP contribution in [0.5, 0.6) is 0 Å². The van der Waals surface area contributed by atoms with E-state index >= 15 is 0 Å². The maximum atomic E-state index is 14.8. The van der Waals surface area contributed by atoms with E-state index in [9.17, 15) is 4.39 Å². The van der Waals surface area contributed by atoms with Gasteiger partial charge in [-0.1, -0.05) is 6.92 Å². The lowest BCUT2D eigenvalue weighted by molar-refractivity contribution is -0.0324. The Bertz CT molecular complexity index is 307. The summed E-state index contributed by atoms with van der Waals surface area (Å²) in [6.45, 7) is 7.17. The van der Waals surface area contributed by atoms with Crippen LogP contribution in [0.3, 0.4) is 0 Å². The predicted molar refractivity (Wildman–Crippen MR) is 77.1 cm³/mol. The molecule has 3 fully saturated rings. The van der Waals surface area contributed by atoms with E-state index in [1.165, 1.54) is 25.7 Å². The topological polar surface area (TPSA) is 6.48 Å².